The van der Waals surface area contributed by atoms with Gasteiger partial charge >= 0.3 is 12.2 Å². The van der Waals surface area contributed by atoms with E-state index in [0.29, 0.717) is 12.8 Å². The van der Waals surface area contributed by atoms with Crippen molar-refractivity contribution < 1.29 is 22.4 Å². The minimum Gasteiger partial charge on any atom is -0.338 e. The fourth-order valence-electron chi connectivity index (χ4n) is 2.66. The third kappa shape index (κ3) is 6.74. The van der Waals surface area contributed by atoms with Crippen molar-refractivity contribution in [3.8, 4) is 0 Å². The molecule has 1 heterocycles. The van der Waals surface area contributed by atoms with E-state index in [1.165, 1.54) is 19.2 Å². The van der Waals surface area contributed by atoms with Crippen LogP contribution in [0.1, 0.15) is 24.4 Å². The number of alkyl halides is 3. The van der Waals surface area contributed by atoms with Crippen molar-refractivity contribution in [3.05, 3.63) is 29.6 Å². The van der Waals surface area contributed by atoms with Gasteiger partial charge in [0.25, 0.3) is 0 Å². The largest absolute Gasteiger partial charge is 0.401 e. The Bertz CT molecular complexity index is 597. The number of amides is 2. The van der Waals surface area contributed by atoms with Crippen LogP contribution in [-0.4, -0.2) is 49.5 Å². The molecule has 140 valence electrons. The number of rotatable bonds is 6. The van der Waals surface area contributed by atoms with Crippen LogP contribution >= 0.6 is 11.8 Å². The lowest BCUT2D eigenvalue weighted by atomic mass is 10.0. The number of fused-ring (bicyclic) bond motifs is 1. The van der Waals surface area contributed by atoms with Gasteiger partial charge in [-0.05, 0) is 50.2 Å². The molecular weight excluding hydrogens is 358 g/mol. The molecule has 4 nitrogen and oxygen atoms in total. The lowest BCUT2D eigenvalue weighted by Crippen LogP contribution is -2.40. The topological polar surface area (TPSA) is 44.4 Å². The number of carbonyl (C=O) groups excluding carboxylic acids is 1. The number of halogens is 4. The van der Waals surface area contributed by atoms with Crippen LogP contribution in [0, 0.1) is 5.82 Å². The highest BCUT2D eigenvalue weighted by atomic mass is 32.2. The Morgan fingerprint density at radius 1 is 1.40 bits per heavy atom. The average Bonchev–Trinajstić information content (AvgIpc) is 2.50. The van der Waals surface area contributed by atoms with E-state index in [1.807, 2.05) is 0 Å². The van der Waals surface area contributed by atoms with E-state index in [-0.39, 0.29) is 24.9 Å². The molecule has 25 heavy (non-hydrogen) atoms. The molecule has 1 unspecified atom stereocenters. The number of urea groups is 1. The Kier molecular flexibility index (Phi) is 6.95. The van der Waals surface area contributed by atoms with E-state index in [1.54, 1.807) is 17.8 Å². The third-order valence-electron chi connectivity index (χ3n) is 3.77. The van der Waals surface area contributed by atoms with Gasteiger partial charge in [0.2, 0.25) is 0 Å². The molecule has 2 rings (SSSR count). The number of carbonyl (C=O) groups is 1. The van der Waals surface area contributed by atoms with Crippen LogP contribution in [-0.2, 0) is 0 Å². The fraction of sp³-hybridized carbons (Fsp3) is 0.562. The molecule has 0 saturated heterocycles. The summed E-state index contributed by atoms with van der Waals surface area (Å²) >= 11 is 1.62. The standard InChI is InChI=1S/C16H21F4N3OS/c1-23(10-16(18,19)20)7-2-6-21-15(24)22-13-5-8-25-14-4-3-11(17)9-12(13)14/h3-4,9,13H,2,5-8,10H2,1H3,(H2,21,22,24). The molecule has 0 saturated carbocycles. The maximum atomic E-state index is 13.4. The monoisotopic (exact) mass is 379 g/mol. The summed E-state index contributed by atoms with van der Waals surface area (Å²) < 4.78 is 50.0. The molecule has 1 atom stereocenters. The molecule has 1 aliphatic heterocycles. The average molecular weight is 379 g/mol. The maximum absolute atomic E-state index is 13.4. The molecule has 0 radical (unpaired) electrons. The Morgan fingerprint density at radius 2 is 2.16 bits per heavy atom. The predicted octanol–water partition coefficient (Wildman–Crippen LogP) is 3.55. The van der Waals surface area contributed by atoms with Crippen LogP contribution in [0.5, 0.6) is 0 Å². The van der Waals surface area contributed by atoms with Gasteiger partial charge in [-0.15, -0.1) is 11.8 Å². The maximum Gasteiger partial charge on any atom is 0.401 e. The zero-order chi connectivity index (χ0) is 18.4. The van der Waals surface area contributed by atoms with Gasteiger partial charge in [-0.25, -0.2) is 9.18 Å². The Hall–Kier alpha value is -1.48. The smallest absolute Gasteiger partial charge is 0.338 e. The minimum atomic E-state index is -4.22. The summed E-state index contributed by atoms with van der Waals surface area (Å²) in [5.41, 5.74) is 0.760. The quantitative estimate of drug-likeness (QED) is 0.587. The second kappa shape index (κ2) is 8.75. The van der Waals surface area contributed by atoms with E-state index >= 15 is 0 Å². The van der Waals surface area contributed by atoms with Gasteiger partial charge in [0, 0.05) is 17.2 Å². The first-order chi connectivity index (χ1) is 11.7. The van der Waals surface area contributed by atoms with Gasteiger partial charge in [0.15, 0.2) is 0 Å². The number of thioether (sulfide) groups is 1. The first kappa shape index (κ1) is 19.8. The molecule has 9 heteroatoms. The van der Waals surface area contributed by atoms with E-state index in [9.17, 15) is 22.4 Å². The summed E-state index contributed by atoms with van der Waals surface area (Å²) in [4.78, 5) is 14.1. The fourth-order valence-corrected chi connectivity index (χ4v) is 3.77. The van der Waals surface area contributed by atoms with Gasteiger partial charge in [0.05, 0.1) is 12.6 Å². The van der Waals surface area contributed by atoms with Crippen molar-refractivity contribution in [3.63, 3.8) is 0 Å². The van der Waals surface area contributed by atoms with Gasteiger partial charge in [-0.3, -0.25) is 4.90 Å². The van der Waals surface area contributed by atoms with Crippen molar-refractivity contribution in [2.75, 3.05) is 32.4 Å². The molecule has 2 N–H and O–H groups in total. The van der Waals surface area contributed by atoms with Crippen molar-refractivity contribution in [1.82, 2.24) is 15.5 Å². The first-order valence-electron chi connectivity index (χ1n) is 7.96. The van der Waals surface area contributed by atoms with Crippen LogP contribution in [0.2, 0.25) is 0 Å². The number of nitrogens with one attached hydrogen (secondary N) is 2. The highest BCUT2D eigenvalue weighted by molar-refractivity contribution is 7.99. The second-order valence-corrected chi connectivity index (χ2v) is 7.12. The summed E-state index contributed by atoms with van der Waals surface area (Å²) in [5.74, 6) is 0.479. The highest BCUT2D eigenvalue weighted by Gasteiger charge is 2.28. The number of benzene rings is 1. The molecule has 1 aromatic carbocycles. The Balaban J connectivity index is 1.74. The van der Waals surface area contributed by atoms with Crippen molar-refractivity contribution >= 4 is 17.8 Å². The lowest BCUT2D eigenvalue weighted by Gasteiger charge is -2.26. The number of hydrogen-bond donors (Lipinski definition) is 2. The molecule has 2 amide bonds. The molecule has 0 spiro atoms. The van der Waals surface area contributed by atoms with Crippen molar-refractivity contribution in [2.24, 2.45) is 0 Å². The first-order valence-corrected chi connectivity index (χ1v) is 8.95. The van der Waals surface area contributed by atoms with Crippen LogP contribution in [0.15, 0.2) is 23.1 Å². The van der Waals surface area contributed by atoms with Crippen molar-refractivity contribution in [2.45, 2.75) is 30.0 Å². The molecule has 1 aromatic rings. The molecule has 0 aromatic heterocycles. The van der Waals surface area contributed by atoms with Crippen molar-refractivity contribution in [1.29, 1.82) is 0 Å². The Labute approximate surface area is 148 Å². The molecule has 0 aliphatic carbocycles. The molecular formula is C16H21F4N3OS. The number of nitrogens with zero attached hydrogens (tertiary/aromatic N) is 1. The summed E-state index contributed by atoms with van der Waals surface area (Å²) in [6.07, 6.45) is -3.12. The SMILES string of the molecule is CN(CCCNC(=O)NC1CCSc2ccc(F)cc21)CC(F)(F)F. The van der Waals surface area contributed by atoms with Gasteiger partial charge in [-0.1, -0.05) is 0 Å². The Morgan fingerprint density at radius 3 is 2.88 bits per heavy atom. The molecule has 0 bridgehead atoms. The zero-order valence-corrected chi connectivity index (χ0v) is 14.6. The minimum absolute atomic E-state index is 0.230. The van der Waals surface area contributed by atoms with E-state index < -0.39 is 18.8 Å². The van der Waals surface area contributed by atoms with Gasteiger partial charge in [-0.2, -0.15) is 13.2 Å². The van der Waals surface area contributed by atoms with E-state index in [4.69, 9.17) is 0 Å². The summed E-state index contributed by atoms with van der Waals surface area (Å²) in [7, 11) is 1.39. The van der Waals surface area contributed by atoms with Gasteiger partial charge in [0.1, 0.15) is 5.82 Å². The zero-order valence-electron chi connectivity index (χ0n) is 13.8. The van der Waals surface area contributed by atoms with Gasteiger partial charge < -0.3 is 10.6 Å². The molecule has 1 aliphatic rings. The van der Waals surface area contributed by atoms with E-state index in [0.717, 1.165) is 21.1 Å². The highest BCUT2D eigenvalue weighted by Crippen LogP contribution is 2.36. The lowest BCUT2D eigenvalue weighted by molar-refractivity contribution is -0.143. The second-order valence-electron chi connectivity index (χ2n) is 5.98. The molecule has 0 fully saturated rings. The van der Waals surface area contributed by atoms with Crippen LogP contribution in [0.25, 0.3) is 0 Å². The number of hydrogen-bond acceptors (Lipinski definition) is 3. The van der Waals surface area contributed by atoms with Crippen LogP contribution < -0.4 is 10.6 Å². The third-order valence-corrected chi connectivity index (χ3v) is 4.89. The van der Waals surface area contributed by atoms with Crippen LogP contribution in [0.3, 0.4) is 0 Å². The van der Waals surface area contributed by atoms with E-state index in [2.05, 4.69) is 10.6 Å². The predicted molar refractivity (Wildman–Crippen MR) is 89.2 cm³/mol. The summed E-state index contributed by atoms with van der Waals surface area (Å²) in [5, 5.41) is 5.44. The normalized spacial score (nSPS) is 17.3. The summed E-state index contributed by atoms with van der Waals surface area (Å²) in [6.45, 7) is -0.472. The summed E-state index contributed by atoms with van der Waals surface area (Å²) in [6, 6.07) is 3.87. The van der Waals surface area contributed by atoms with Crippen LogP contribution in [0.4, 0.5) is 22.4 Å².